The molecule has 1 aromatic heterocycles. The fourth-order valence-corrected chi connectivity index (χ4v) is 2.44. The summed E-state index contributed by atoms with van der Waals surface area (Å²) in [6, 6.07) is 4.66. The molecule has 2 aliphatic heterocycles. The molecule has 112 valence electrons. The maximum atomic E-state index is 5.93. The molecule has 0 bridgehead atoms. The van der Waals surface area contributed by atoms with Gasteiger partial charge in [0.15, 0.2) is 0 Å². The van der Waals surface area contributed by atoms with Crippen LogP contribution < -0.4 is 5.32 Å². The predicted molar refractivity (Wildman–Crippen MR) is 84.7 cm³/mol. The van der Waals surface area contributed by atoms with E-state index in [0.29, 0.717) is 6.04 Å². The molecule has 0 amide bonds. The number of aromatic nitrogens is 1. The van der Waals surface area contributed by atoms with E-state index in [2.05, 4.69) is 44.1 Å². The van der Waals surface area contributed by atoms with Crippen molar-refractivity contribution in [1.29, 1.82) is 0 Å². The fraction of sp³-hybridized carbons (Fsp3) is 0.562. The minimum Gasteiger partial charge on any atom is -0.400 e. The summed E-state index contributed by atoms with van der Waals surface area (Å²) in [7, 11) is -0.315. The number of nitrogens with zero attached hydrogens (tertiary/aromatic N) is 1. The Morgan fingerprint density at radius 2 is 1.90 bits per heavy atom. The van der Waals surface area contributed by atoms with Crippen molar-refractivity contribution in [2.24, 2.45) is 0 Å². The molecule has 21 heavy (non-hydrogen) atoms. The summed E-state index contributed by atoms with van der Waals surface area (Å²) in [5, 5.41) is 3.38. The Morgan fingerprint density at radius 1 is 1.24 bits per heavy atom. The highest BCUT2D eigenvalue weighted by molar-refractivity contribution is 6.52. The average molecular weight is 286 g/mol. The summed E-state index contributed by atoms with van der Waals surface area (Å²) < 4.78 is 11.9. The molecule has 0 saturated carbocycles. The first kappa shape index (κ1) is 14.8. The Labute approximate surface area is 127 Å². The van der Waals surface area contributed by atoms with Crippen LogP contribution in [0.2, 0.25) is 0 Å². The van der Waals surface area contributed by atoms with Gasteiger partial charge in [0.05, 0.1) is 16.9 Å². The van der Waals surface area contributed by atoms with Crippen LogP contribution >= 0.6 is 0 Å². The van der Waals surface area contributed by atoms with Crippen LogP contribution in [0.1, 0.15) is 51.4 Å². The van der Waals surface area contributed by atoms with E-state index in [4.69, 9.17) is 9.31 Å². The van der Waals surface area contributed by atoms with E-state index >= 15 is 0 Å². The standard InChI is InChI=1S/C16H23BN2O2/c1-15(2)16(3,4)21-17(20-15)9-7-13-6-5-12(11-19-13)14-8-10-18-14/h5-7,9,11,14,18H,8,10H2,1-4H3/b9-7+. The van der Waals surface area contributed by atoms with Gasteiger partial charge in [-0.2, -0.15) is 0 Å². The normalized spacial score (nSPS) is 27.0. The number of nitrogens with one attached hydrogen (secondary N) is 1. The zero-order valence-corrected chi connectivity index (χ0v) is 13.2. The number of hydrogen-bond donors (Lipinski definition) is 1. The Morgan fingerprint density at radius 3 is 2.38 bits per heavy atom. The topological polar surface area (TPSA) is 43.4 Å². The molecule has 1 N–H and O–H groups in total. The zero-order chi connectivity index (χ0) is 15.1. The summed E-state index contributed by atoms with van der Waals surface area (Å²) in [5.74, 6) is 1.93. The van der Waals surface area contributed by atoms with Gasteiger partial charge in [0, 0.05) is 12.2 Å². The van der Waals surface area contributed by atoms with Gasteiger partial charge in [-0.1, -0.05) is 12.0 Å². The van der Waals surface area contributed by atoms with E-state index in [0.717, 1.165) is 12.2 Å². The van der Waals surface area contributed by atoms with Crippen LogP contribution in [0.15, 0.2) is 24.3 Å². The van der Waals surface area contributed by atoms with Crippen LogP contribution in [0.25, 0.3) is 6.08 Å². The molecule has 5 heteroatoms. The molecule has 0 radical (unpaired) electrons. The maximum Gasteiger partial charge on any atom is 0.487 e. The molecule has 3 rings (SSSR count). The Bertz CT molecular complexity index is 520. The second-order valence-corrected chi connectivity index (χ2v) is 6.80. The number of pyridine rings is 1. The second-order valence-electron chi connectivity index (χ2n) is 6.80. The fourth-order valence-electron chi connectivity index (χ4n) is 2.44. The molecular formula is C16H23BN2O2. The van der Waals surface area contributed by atoms with Gasteiger partial charge in [0.1, 0.15) is 0 Å². The van der Waals surface area contributed by atoms with E-state index in [9.17, 15) is 0 Å². The lowest BCUT2D eigenvalue weighted by molar-refractivity contribution is 0.00578. The van der Waals surface area contributed by atoms with Gasteiger partial charge in [-0.3, -0.25) is 4.98 Å². The first-order valence-electron chi connectivity index (χ1n) is 7.61. The summed E-state index contributed by atoms with van der Waals surface area (Å²) in [5.41, 5.74) is 1.59. The number of rotatable bonds is 3. The van der Waals surface area contributed by atoms with Crippen molar-refractivity contribution in [2.75, 3.05) is 6.54 Å². The first-order valence-corrected chi connectivity index (χ1v) is 7.61. The maximum absolute atomic E-state index is 5.93. The summed E-state index contributed by atoms with van der Waals surface area (Å²) >= 11 is 0. The zero-order valence-electron chi connectivity index (χ0n) is 13.2. The van der Waals surface area contributed by atoms with E-state index in [-0.39, 0.29) is 18.3 Å². The second kappa shape index (κ2) is 5.23. The van der Waals surface area contributed by atoms with Gasteiger partial charge >= 0.3 is 7.12 Å². The lowest BCUT2D eigenvalue weighted by atomic mass is 9.89. The van der Waals surface area contributed by atoms with Gasteiger partial charge in [0.25, 0.3) is 0 Å². The van der Waals surface area contributed by atoms with Gasteiger partial charge in [-0.05, 0) is 58.4 Å². The van der Waals surface area contributed by atoms with Crippen molar-refractivity contribution in [3.63, 3.8) is 0 Å². The highest BCUT2D eigenvalue weighted by atomic mass is 16.7. The molecule has 1 unspecified atom stereocenters. The SMILES string of the molecule is CC1(C)OB(/C=C/c2ccc(C3CCN3)cn2)OC1(C)C. The van der Waals surface area contributed by atoms with Gasteiger partial charge in [0.2, 0.25) is 0 Å². The van der Waals surface area contributed by atoms with Gasteiger partial charge in [-0.15, -0.1) is 0 Å². The molecule has 0 aliphatic carbocycles. The van der Waals surface area contributed by atoms with Gasteiger partial charge < -0.3 is 14.6 Å². The van der Waals surface area contributed by atoms with Crippen LogP contribution in [0.5, 0.6) is 0 Å². The largest absolute Gasteiger partial charge is 0.487 e. The molecule has 3 heterocycles. The van der Waals surface area contributed by atoms with Crippen LogP contribution in [-0.2, 0) is 9.31 Å². The highest BCUT2D eigenvalue weighted by Crippen LogP contribution is 2.37. The molecule has 4 nitrogen and oxygen atoms in total. The third-order valence-electron chi connectivity index (χ3n) is 4.73. The Balaban J connectivity index is 1.64. The van der Waals surface area contributed by atoms with Crippen molar-refractivity contribution in [3.8, 4) is 0 Å². The molecule has 0 aromatic carbocycles. The van der Waals surface area contributed by atoms with Crippen LogP contribution in [0, 0.1) is 0 Å². The summed E-state index contributed by atoms with van der Waals surface area (Å²) in [4.78, 5) is 4.48. The Hall–Kier alpha value is -1.17. The van der Waals surface area contributed by atoms with Crippen LogP contribution in [0.4, 0.5) is 0 Å². The summed E-state index contributed by atoms with van der Waals surface area (Å²) in [6.45, 7) is 9.33. The first-order chi connectivity index (χ1) is 9.87. The molecule has 1 aromatic rings. The number of hydrogen-bond acceptors (Lipinski definition) is 4. The lowest BCUT2D eigenvalue weighted by Gasteiger charge is -2.32. The highest BCUT2D eigenvalue weighted by Gasteiger charge is 2.49. The van der Waals surface area contributed by atoms with E-state index in [1.807, 2.05) is 24.3 Å². The Kier molecular flexibility index (Phi) is 3.68. The van der Waals surface area contributed by atoms with Crippen molar-refractivity contribution < 1.29 is 9.31 Å². The van der Waals surface area contributed by atoms with Crippen molar-refractivity contribution in [2.45, 2.75) is 51.4 Å². The van der Waals surface area contributed by atoms with Crippen molar-refractivity contribution >= 4 is 13.2 Å². The lowest BCUT2D eigenvalue weighted by Crippen LogP contribution is -2.41. The average Bonchev–Trinajstić information content (AvgIpc) is 2.55. The van der Waals surface area contributed by atoms with E-state index in [1.54, 1.807) is 0 Å². The smallest absolute Gasteiger partial charge is 0.400 e. The van der Waals surface area contributed by atoms with E-state index < -0.39 is 0 Å². The monoisotopic (exact) mass is 286 g/mol. The van der Waals surface area contributed by atoms with Crippen LogP contribution in [-0.4, -0.2) is 29.8 Å². The molecular weight excluding hydrogens is 263 g/mol. The summed E-state index contributed by atoms with van der Waals surface area (Å²) in [6.07, 6.45) is 5.10. The minimum atomic E-state index is -0.315. The molecule has 2 aliphatic rings. The quantitative estimate of drug-likeness (QED) is 0.868. The molecule has 2 saturated heterocycles. The van der Waals surface area contributed by atoms with Crippen molar-refractivity contribution in [3.05, 3.63) is 35.6 Å². The third kappa shape index (κ3) is 2.91. The molecule has 0 spiro atoms. The van der Waals surface area contributed by atoms with Crippen molar-refractivity contribution in [1.82, 2.24) is 10.3 Å². The van der Waals surface area contributed by atoms with Gasteiger partial charge in [-0.25, -0.2) is 0 Å². The predicted octanol–water partition coefficient (Wildman–Crippen LogP) is 2.76. The molecule has 2 fully saturated rings. The third-order valence-corrected chi connectivity index (χ3v) is 4.73. The minimum absolute atomic E-state index is 0.296. The van der Waals surface area contributed by atoms with E-state index in [1.165, 1.54) is 12.0 Å². The van der Waals surface area contributed by atoms with Crippen LogP contribution in [0.3, 0.4) is 0 Å². The molecule has 1 atom stereocenters.